The quantitative estimate of drug-likeness (QED) is 0.792. The van der Waals surface area contributed by atoms with Crippen molar-refractivity contribution in [2.45, 2.75) is 19.4 Å². The van der Waals surface area contributed by atoms with E-state index in [-0.39, 0.29) is 5.91 Å². The number of aryl methyl sites for hydroxylation is 1. The van der Waals surface area contributed by atoms with Crippen molar-refractivity contribution >= 4 is 23.2 Å². The minimum Gasteiger partial charge on any atom is -0.323 e. The van der Waals surface area contributed by atoms with Gasteiger partial charge in [-0.3, -0.25) is 4.79 Å². The molecule has 1 aromatic rings. The second-order valence-corrected chi connectivity index (χ2v) is 4.01. The summed E-state index contributed by atoms with van der Waals surface area (Å²) in [4.78, 5) is 11.6. The molecule has 0 fully saturated rings. The Balaban J connectivity index is 2.76. The van der Waals surface area contributed by atoms with E-state index in [2.05, 4.69) is 11.9 Å². The van der Waals surface area contributed by atoms with Crippen LogP contribution in [0.4, 0.5) is 5.69 Å². The number of nitrogens with one attached hydrogen (secondary N) is 1. The molecule has 1 atom stereocenters. The van der Waals surface area contributed by atoms with Gasteiger partial charge in [0.25, 0.3) is 0 Å². The number of hydrogen-bond acceptors (Lipinski definition) is 2. The summed E-state index contributed by atoms with van der Waals surface area (Å²) in [5, 5.41) is 3.20. The van der Waals surface area contributed by atoms with Gasteiger partial charge in [-0.2, -0.15) is 0 Å². The van der Waals surface area contributed by atoms with E-state index >= 15 is 0 Å². The van der Waals surface area contributed by atoms with Gasteiger partial charge in [-0.25, -0.2) is 0 Å². The third-order valence-corrected chi connectivity index (χ3v) is 2.47. The average Bonchev–Trinajstić information content (AvgIpc) is 2.23. The Morgan fingerprint density at radius 3 is 3.00 bits per heavy atom. The maximum absolute atomic E-state index is 11.6. The highest BCUT2D eigenvalue weighted by atomic mass is 35.5. The zero-order valence-corrected chi connectivity index (χ0v) is 9.92. The van der Waals surface area contributed by atoms with Crippen molar-refractivity contribution in [1.82, 2.24) is 0 Å². The molecule has 3 nitrogen and oxygen atoms in total. The van der Waals surface area contributed by atoms with Crippen LogP contribution in [-0.2, 0) is 4.79 Å². The summed E-state index contributed by atoms with van der Waals surface area (Å²) in [5.74, 6) is -0.257. The van der Waals surface area contributed by atoms with Crippen LogP contribution >= 0.6 is 11.6 Å². The lowest BCUT2D eigenvalue weighted by atomic mass is 10.2. The molecule has 0 aliphatic carbocycles. The molecule has 0 aliphatic rings. The molecule has 0 saturated carbocycles. The molecule has 0 spiro atoms. The molecule has 0 heterocycles. The van der Waals surface area contributed by atoms with Gasteiger partial charge >= 0.3 is 0 Å². The van der Waals surface area contributed by atoms with E-state index in [1.807, 2.05) is 13.0 Å². The molecule has 1 aromatic carbocycles. The summed E-state index contributed by atoms with van der Waals surface area (Å²) in [7, 11) is 0. The van der Waals surface area contributed by atoms with Crippen molar-refractivity contribution in [3.05, 3.63) is 41.4 Å². The van der Waals surface area contributed by atoms with Crippen molar-refractivity contribution < 1.29 is 4.79 Å². The molecular weight excluding hydrogens is 224 g/mol. The number of benzene rings is 1. The Morgan fingerprint density at radius 1 is 1.69 bits per heavy atom. The van der Waals surface area contributed by atoms with Crippen LogP contribution in [0.15, 0.2) is 30.9 Å². The number of carbonyl (C=O) groups excluding carboxylic acids is 1. The first-order valence-electron chi connectivity index (χ1n) is 4.98. The smallest absolute Gasteiger partial charge is 0.241 e. The van der Waals surface area contributed by atoms with Crippen LogP contribution in [0.3, 0.4) is 0 Å². The number of amides is 1. The molecule has 0 bridgehead atoms. The lowest BCUT2D eigenvalue weighted by molar-refractivity contribution is -0.117. The highest BCUT2D eigenvalue weighted by Gasteiger charge is 2.13. The molecular formula is C12H15ClN2O. The van der Waals surface area contributed by atoms with E-state index in [9.17, 15) is 4.79 Å². The van der Waals surface area contributed by atoms with Gasteiger partial charge in [0.1, 0.15) is 0 Å². The van der Waals surface area contributed by atoms with Gasteiger partial charge in [-0.15, -0.1) is 6.58 Å². The lowest BCUT2D eigenvalue weighted by Gasteiger charge is -2.11. The zero-order chi connectivity index (χ0) is 12.1. The lowest BCUT2D eigenvalue weighted by Crippen LogP contribution is -2.35. The van der Waals surface area contributed by atoms with E-state index in [0.717, 1.165) is 5.56 Å². The minimum absolute atomic E-state index is 0.257. The third kappa shape index (κ3) is 3.36. The number of halogens is 1. The van der Waals surface area contributed by atoms with Crippen LogP contribution in [-0.4, -0.2) is 11.9 Å². The van der Waals surface area contributed by atoms with E-state index in [0.29, 0.717) is 17.1 Å². The topological polar surface area (TPSA) is 55.1 Å². The van der Waals surface area contributed by atoms with E-state index < -0.39 is 6.04 Å². The van der Waals surface area contributed by atoms with Gasteiger partial charge in [0.2, 0.25) is 5.91 Å². The number of rotatable bonds is 4. The van der Waals surface area contributed by atoms with E-state index in [4.69, 9.17) is 17.3 Å². The van der Waals surface area contributed by atoms with Crippen LogP contribution in [0.5, 0.6) is 0 Å². The van der Waals surface area contributed by atoms with Crippen molar-refractivity contribution in [3.8, 4) is 0 Å². The Hall–Kier alpha value is -1.32. The summed E-state index contributed by atoms with van der Waals surface area (Å²) >= 11 is 5.95. The van der Waals surface area contributed by atoms with Crippen molar-refractivity contribution in [3.63, 3.8) is 0 Å². The first-order chi connectivity index (χ1) is 7.54. The van der Waals surface area contributed by atoms with Crippen LogP contribution in [0.1, 0.15) is 12.0 Å². The van der Waals surface area contributed by atoms with Crippen molar-refractivity contribution in [1.29, 1.82) is 0 Å². The SMILES string of the molecule is C=CCC(N)C(=O)Nc1cc(C)ccc1Cl. The fourth-order valence-corrected chi connectivity index (χ4v) is 1.41. The van der Waals surface area contributed by atoms with Gasteiger partial charge in [0, 0.05) is 0 Å². The highest BCUT2D eigenvalue weighted by Crippen LogP contribution is 2.22. The Bertz CT molecular complexity index is 404. The first-order valence-corrected chi connectivity index (χ1v) is 5.36. The monoisotopic (exact) mass is 238 g/mol. The Labute approximate surface area is 100 Å². The second-order valence-electron chi connectivity index (χ2n) is 3.60. The maximum atomic E-state index is 11.6. The summed E-state index contributed by atoms with van der Waals surface area (Å²) in [6.45, 7) is 5.46. The van der Waals surface area contributed by atoms with Crippen LogP contribution in [0.2, 0.25) is 5.02 Å². The van der Waals surface area contributed by atoms with Crippen LogP contribution in [0.25, 0.3) is 0 Å². The molecule has 0 aromatic heterocycles. The largest absolute Gasteiger partial charge is 0.323 e. The van der Waals surface area contributed by atoms with Gasteiger partial charge in [0.05, 0.1) is 16.8 Å². The average molecular weight is 239 g/mol. The van der Waals surface area contributed by atoms with Crippen molar-refractivity contribution in [2.75, 3.05) is 5.32 Å². The molecule has 1 amide bonds. The highest BCUT2D eigenvalue weighted by molar-refractivity contribution is 6.33. The second kappa shape index (κ2) is 5.68. The predicted octanol–water partition coefficient (Wildman–Crippen LogP) is 2.49. The summed E-state index contributed by atoms with van der Waals surface area (Å²) in [6.07, 6.45) is 2.05. The number of anilines is 1. The van der Waals surface area contributed by atoms with E-state index in [1.54, 1.807) is 18.2 Å². The molecule has 1 unspecified atom stereocenters. The van der Waals surface area contributed by atoms with E-state index in [1.165, 1.54) is 0 Å². The maximum Gasteiger partial charge on any atom is 0.241 e. The zero-order valence-electron chi connectivity index (χ0n) is 9.16. The first kappa shape index (κ1) is 12.7. The fourth-order valence-electron chi connectivity index (χ4n) is 1.25. The fraction of sp³-hybridized carbons (Fsp3) is 0.250. The molecule has 1 rings (SSSR count). The van der Waals surface area contributed by atoms with Crippen LogP contribution in [0, 0.1) is 6.92 Å². The number of carbonyl (C=O) groups is 1. The Morgan fingerprint density at radius 2 is 2.38 bits per heavy atom. The molecule has 4 heteroatoms. The predicted molar refractivity (Wildman–Crippen MR) is 67.6 cm³/mol. The molecule has 16 heavy (non-hydrogen) atoms. The number of hydrogen-bond donors (Lipinski definition) is 2. The van der Waals surface area contributed by atoms with Crippen molar-refractivity contribution in [2.24, 2.45) is 5.73 Å². The van der Waals surface area contributed by atoms with Gasteiger partial charge < -0.3 is 11.1 Å². The summed E-state index contributed by atoms with van der Waals surface area (Å²) in [6, 6.07) is 4.84. The van der Waals surface area contributed by atoms with Gasteiger partial charge in [-0.05, 0) is 31.0 Å². The number of nitrogens with two attached hydrogens (primary N) is 1. The molecule has 0 radical (unpaired) electrons. The molecule has 0 aliphatic heterocycles. The molecule has 0 saturated heterocycles. The summed E-state index contributed by atoms with van der Waals surface area (Å²) in [5.41, 5.74) is 7.25. The standard InChI is InChI=1S/C12H15ClN2O/c1-3-4-10(14)12(16)15-11-7-8(2)5-6-9(11)13/h3,5-7,10H,1,4,14H2,2H3,(H,15,16). The van der Waals surface area contributed by atoms with Gasteiger partial charge in [0.15, 0.2) is 0 Å². The van der Waals surface area contributed by atoms with Crippen LogP contribution < -0.4 is 11.1 Å². The minimum atomic E-state index is -0.589. The molecule has 86 valence electrons. The van der Waals surface area contributed by atoms with Gasteiger partial charge in [-0.1, -0.05) is 23.7 Å². The third-order valence-electron chi connectivity index (χ3n) is 2.14. The normalized spacial score (nSPS) is 11.9. The Kier molecular flexibility index (Phi) is 4.52. The summed E-state index contributed by atoms with van der Waals surface area (Å²) < 4.78 is 0. The molecule has 3 N–H and O–H groups in total.